The molecule has 0 bridgehead atoms. The summed E-state index contributed by atoms with van der Waals surface area (Å²) in [6, 6.07) is 25.6. The lowest BCUT2D eigenvalue weighted by atomic mass is 9.92. The van der Waals surface area contributed by atoms with Crippen molar-refractivity contribution in [2.75, 3.05) is 103 Å². The summed E-state index contributed by atoms with van der Waals surface area (Å²) in [6.45, 7) is 38.7. The summed E-state index contributed by atoms with van der Waals surface area (Å²) in [5, 5.41) is 38.1. The Bertz CT molecular complexity index is 3300. The molecule has 4 radical (unpaired) electrons. The number of piperidine rings is 2. The van der Waals surface area contributed by atoms with Gasteiger partial charge >= 0.3 is 0 Å². The summed E-state index contributed by atoms with van der Waals surface area (Å²) in [5.74, 6) is 0.982. The summed E-state index contributed by atoms with van der Waals surface area (Å²) >= 11 is 3.48. The molecule has 2 heterocycles. The molecule has 4 unspecified atom stereocenters. The Balaban J connectivity index is 0.00000155. The van der Waals surface area contributed by atoms with Crippen LogP contribution in [0.15, 0.2) is 122 Å². The highest BCUT2D eigenvalue weighted by Crippen LogP contribution is 2.29. The number of nitrogens with zero attached hydrogens (tertiary/aromatic N) is 4. The Labute approximate surface area is 740 Å². The van der Waals surface area contributed by atoms with Gasteiger partial charge in [-0.05, 0) is 239 Å². The van der Waals surface area contributed by atoms with E-state index in [9.17, 15) is 34.5 Å². The van der Waals surface area contributed by atoms with E-state index in [1.54, 1.807) is 4.90 Å². The maximum atomic E-state index is 13.3. The maximum Gasteiger partial charge on any atom is 0.191 e. The van der Waals surface area contributed by atoms with Gasteiger partial charge in [-0.15, -0.1) is 0 Å². The number of rotatable bonds is 53. The molecule has 0 aromatic heterocycles. The van der Waals surface area contributed by atoms with Gasteiger partial charge in [0.2, 0.25) is 0 Å². The van der Waals surface area contributed by atoms with Crippen LogP contribution < -0.4 is 44.6 Å². The highest BCUT2D eigenvalue weighted by Gasteiger charge is 2.32. The van der Waals surface area contributed by atoms with Crippen molar-refractivity contribution in [3.05, 3.63) is 183 Å². The lowest BCUT2D eigenvalue weighted by Gasteiger charge is -2.37. The number of Topliss-reactive ketones (excluding diaryl/α,β-unsaturated/α-hetero) is 4. The number of nitrogens with one attached hydrogen (secondary N) is 2. The molecule has 0 saturated carbocycles. The zero-order valence-electron chi connectivity index (χ0n) is 74.7. The van der Waals surface area contributed by atoms with Gasteiger partial charge in [0.15, 0.2) is 36.6 Å². The number of carbonyl (C=O) groups excluding carboxylic acids is 4. The summed E-state index contributed by atoms with van der Waals surface area (Å²) in [4.78, 5) is 54.6. The molecule has 2 aliphatic rings. The lowest BCUT2D eigenvalue weighted by Crippen LogP contribution is -3.00. The number of hydrogen-bond acceptors (Lipinski definition) is 11. The number of para-hydroxylation sites is 1. The Morgan fingerprint density at radius 3 is 1.39 bits per heavy atom. The monoisotopic (exact) mass is 1790 g/mol. The number of ketones is 4. The SMILES string of the molecule is C/C=C/C=C\C=C\CC(=O)CN(CO)CCCCC.C=C(Nc1c(C)cccc1C)C1CCCCN1CCCCCC[N+](CO)(CCCCC)CC(=O)Cc1c(C)cccc1C.CCCCC[N+](CO)(CCCCCCBr)CC(=O)Cc1c(C)cccc1C.Cc1cccc(C)c1CC(=O)C1CCCCN1.[B]CCCCCC[B].[Br-].[Br-]. The van der Waals surface area contributed by atoms with E-state index in [1.807, 2.05) is 49.4 Å². The fraction of sp³-hybridized carbons (Fsp3) is 0.633. The fourth-order valence-corrected chi connectivity index (χ4v) is 16.0. The van der Waals surface area contributed by atoms with Crippen LogP contribution in [0.5, 0.6) is 0 Å². The molecule has 4 aromatic rings. The van der Waals surface area contributed by atoms with E-state index in [0.717, 1.165) is 183 Å². The van der Waals surface area contributed by atoms with Gasteiger partial charge in [0.1, 0.15) is 13.1 Å². The van der Waals surface area contributed by atoms with E-state index >= 15 is 0 Å². The Hall–Kier alpha value is -4.43. The van der Waals surface area contributed by atoms with Crippen LogP contribution in [0, 0.1) is 55.4 Å². The number of benzene rings is 4. The molecule has 0 amide bonds. The van der Waals surface area contributed by atoms with Crippen LogP contribution in [0.3, 0.4) is 0 Å². The number of anilines is 1. The lowest BCUT2D eigenvalue weighted by molar-refractivity contribution is -0.938. The first-order valence-corrected chi connectivity index (χ1v) is 45.5. The summed E-state index contributed by atoms with van der Waals surface area (Å²) in [7, 11) is 10.6. The van der Waals surface area contributed by atoms with Crippen molar-refractivity contribution < 1.29 is 77.4 Å². The van der Waals surface area contributed by atoms with Crippen molar-refractivity contribution in [1.29, 1.82) is 0 Å². The molecule has 116 heavy (non-hydrogen) atoms. The fourth-order valence-electron chi connectivity index (χ4n) is 15.6. The molecule has 650 valence electrons. The van der Waals surface area contributed by atoms with Crippen LogP contribution in [0.4, 0.5) is 5.69 Å². The zero-order valence-corrected chi connectivity index (χ0v) is 79.5. The zero-order chi connectivity index (χ0) is 84.2. The number of hydrogen-bond donors (Lipinski definition) is 5. The summed E-state index contributed by atoms with van der Waals surface area (Å²) in [6.07, 6.45) is 46.2. The van der Waals surface area contributed by atoms with Gasteiger partial charge in [0, 0.05) is 55.0 Å². The van der Waals surface area contributed by atoms with Gasteiger partial charge in [-0.1, -0.05) is 242 Å². The van der Waals surface area contributed by atoms with Crippen LogP contribution in [0.25, 0.3) is 0 Å². The first-order valence-electron chi connectivity index (χ1n) is 44.4. The average molecular weight is 1790 g/mol. The second-order valence-electron chi connectivity index (χ2n) is 32.7. The van der Waals surface area contributed by atoms with Crippen LogP contribution in [-0.2, 0) is 38.4 Å². The minimum atomic E-state index is -0.0413. The van der Waals surface area contributed by atoms with E-state index in [1.165, 1.54) is 133 Å². The molecular weight excluding hydrogens is 1630 g/mol. The van der Waals surface area contributed by atoms with Gasteiger partial charge in [-0.25, -0.2) is 0 Å². The van der Waals surface area contributed by atoms with Gasteiger partial charge in [0.05, 0.1) is 61.2 Å². The third-order valence-corrected chi connectivity index (χ3v) is 23.4. The molecule has 4 atom stereocenters. The molecule has 0 aliphatic carbocycles. The first kappa shape index (κ1) is 112. The molecule has 2 fully saturated rings. The van der Waals surface area contributed by atoms with Crippen LogP contribution in [0.2, 0.25) is 12.6 Å². The standard InChI is InChI=1S/C38H60N3O2.C23H39BrNO2.C16H27NO2.C15H21NO.C6H12B2.2BrH/c1-7-8-14-25-41(29-42,28-35(43)27-36-30(2)18-16-19-31(36)3)26-15-10-9-12-23-40-24-13-11-22-37(40)34(6)39-38-32(4)20-17-21-33(38)5;1-4-5-9-15-25(19-26,16-10-7-6-8-14-24)18-22(27)17-23-20(2)12-11-13-21(23)3;1-3-5-7-8-9-10-12-16(19)14-17(15-18)13-11-6-4-2;1-11-6-5-7-12(2)13(11)10-15(17)14-8-3-4-9-16-14;7-5-3-1-2-4-6-8;;/h16-21,37,39,42H,6-15,22-29H2,1-5H3;11-13,26H,4-10,14-19H2,1-3H3;3,5,7-10,18H,4,6,11-15H2,1-2H3;5-7,14,16H,3-4,8-10H2,1-2H3;1-6H2;2*1H/q2*+1;;;;;/p-2/b;;5-3+,8-7-,10-9+;;;;. The molecule has 4 aromatic carbocycles. The molecular formula is C98H159B2Br3N6O7. The van der Waals surface area contributed by atoms with E-state index in [2.05, 4.69) is 181 Å². The molecule has 13 nitrogen and oxygen atoms in total. The molecule has 18 heteroatoms. The van der Waals surface area contributed by atoms with Crippen molar-refractivity contribution in [2.24, 2.45) is 0 Å². The number of aliphatic hydroxyl groups is 3. The Morgan fingerprint density at radius 1 is 0.534 bits per heavy atom. The molecule has 0 spiro atoms. The number of aryl methyl sites for hydroxylation is 8. The highest BCUT2D eigenvalue weighted by molar-refractivity contribution is 9.09. The largest absolute Gasteiger partial charge is 1.00 e. The van der Waals surface area contributed by atoms with Gasteiger partial charge in [0.25, 0.3) is 0 Å². The van der Waals surface area contributed by atoms with Crippen molar-refractivity contribution in [3.8, 4) is 0 Å². The maximum absolute atomic E-state index is 13.3. The van der Waals surface area contributed by atoms with Crippen LogP contribution in [0.1, 0.15) is 269 Å². The number of allylic oxidation sites excluding steroid dienone is 6. The third kappa shape index (κ3) is 47.7. The number of quaternary nitrogens is 2. The summed E-state index contributed by atoms with van der Waals surface area (Å²) in [5.41, 5.74) is 15.6. The van der Waals surface area contributed by atoms with E-state index in [-0.39, 0.29) is 77.5 Å². The third-order valence-electron chi connectivity index (χ3n) is 22.8. The topological polar surface area (TPSA) is 160 Å². The molecule has 2 saturated heterocycles. The summed E-state index contributed by atoms with van der Waals surface area (Å²) < 4.78 is 1.06. The Morgan fingerprint density at radius 2 is 0.957 bits per heavy atom. The minimum Gasteiger partial charge on any atom is -1.00 e. The van der Waals surface area contributed by atoms with Gasteiger partial charge in [-0.2, -0.15) is 0 Å². The number of halogens is 3. The second kappa shape index (κ2) is 69.1. The quantitative estimate of drug-likeness (QED) is 0.00715. The molecule has 5 N–H and O–H groups in total. The molecule has 2 aliphatic heterocycles. The normalized spacial score (nSPS) is 15.1. The highest BCUT2D eigenvalue weighted by atomic mass is 79.9. The van der Waals surface area contributed by atoms with Crippen LogP contribution >= 0.6 is 15.9 Å². The van der Waals surface area contributed by atoms with Crippen molar-refractivity contribution in [3.63, 3.8) is 0 Å². The van der Waals surface area contributed by atoms with E-state index in [4.69, 9.17) is 15.7 Å². The molecule has 6 rings (SSSR count). The number of likely N-dealkylation sites (tertiary alicyclic amines) is 1. The van der Waals surface area contributed by atoms with Crippen LogP contribution in [-0.4, -0.2) is 183 Å². The number of alkyl halides is 1. The van der Waals surface area contributed by atoms with Gasteiger partial charge < -0.3 is 59.9 Å². The van der Waals surface area contributed by atoms with Crippen molar-refractivity contribution in [1.82, 2.24) is 15.1 Å². The Kier molecular flexibility index (Phi) is 66.5. The first-order chi connectivity index (χ1) is 55.0. The predicted octanol–water partition coefficient (Wildman–Crippen LogP) is 14.7. The predicted molar refractivity (Wildman–Crippen MR) is 492 cm³/mol. The van der Waals surface area contributed by atoms with Crippen molar-refractivity contribution in [2.45, 2.75) is 307 Å². The number of unbranched alkanes of at least 4 members (excludes halogenated alkanes) is 15. The van der Waals surface area contributed by atoms with E-state index < -0.39 is 0 Å². The van der Waals surface area contributed by atoms with Gasteiger partial charge in [-0.3, -0.25) is 37.9 Å². The minimum absolute atomic E-state index is 0. The van der Waals surface area contributed by atoms with Crippen molar-refractivity contribution >= 4 is 60.4 Å². The average Bonchev–Trinajstić information content (AvgIpc) is 0.861. The smallest absolute Gasteiger partial charge is 0.191 e. The number of aliphatic hydroxyl groups excluding tert-OH is 3. The van der Waals surface area contributed by atoms with E-state index in [0.29, 0.717) is 66.1 Å². The second-order valence-corrected chi connectivity index (χ2v) is 33.5. The number of carbonyl (C=O) groups is 4.